The van der Waals surface area contributed by atoms with E-state index in [1.165, 1.54) is 44.9 Å². The first-order valence-electron chi connectivity index (χ1n) is 11.6. The van der Waals surface area contributed by atoms with Gasteiger partial charge in [0, 0.05) is 20.5 Å². The van der Waals surface area contributed by atoms with E-state index in [2.05, 4.69) is 20.8 Å². The molecule has 0 aliphatic heterocycles. The summed E-state index contributed by atoms with van der Waals surface area (Å²) in [4.78, 5) is 31.4. The molecule has 0 rings (SSSR count). The number of hydrazine groups is 1. The molecule has 0 saturated carbocycles. The minimum atomic E-state index is -2.42. The van der Waals surface area contributed by atoms with Crippen LogP contribution in [0.4, 0.5) is 0 Å². The van der Waals surface area contributed by atoms with Crippen LogP contribution in [0.3, 0.4) is 0 Å². The number of carbonyl (C=O) groups is 1. The molecule has 0 radical (unpaired) electrons. The van der Waals surface area contributed by atoms with Crippen LogP contribution >= 0.6 is 8.60 Å². The summed E-state index contributed by atoms with van der Waals surface area (Å²) < 4.78 is 5.42. The van der Waals surface area contributed by atoms with Gasteiger partial charge in [-0.1, -0.05) is 85.5 Å². The number of unbranched alkanes of at least 4 members (excludes halogenated alkanes) is 8. The normalized spacial score (nSPS) is 14.0. The lowest BCUT2D eigenvalue weighted by Crippen LogP contribution is -2.54. The van der Waals surface area contributed by atoms with Gasteiger partial charge in [0.05, 0.1) is 12.1 Å². The molecule has 7 heteroatoms. The Balaban J connectivity index is 4.45. The molecule has 0 aromatic carbocycles. The SMILES string of the molecule is CCCCCCCCCCCC(=O)N(C)N(C)[C@@H](C(C)C)C(CCC)OP(O)O. The van der Waals surface area contributed by atoms with Crippen molar-refractivity contribution in [3.8, 4) is 0 Å². The van der Waals surface area contributed by atoms with Gasteiger partial charge in [-0.05, 0) is 18.8 Å². The van der Waals surface area contributed by atoms with Crippen molar-refractivity contribution in [1.29, 1.82) is 0 Å². The minimum Gasteiger partial charge on any atom is -0.328 e. The number of rotatable bonds is 18. The standard InChI is InChI=1S/C22H47N2O4P/c1-7-9-10-11-12-13-14-15-16-18-21(25)23(5)24(6)22(19(3)4)20(17-8-2)28-29(26)27/h19-20,22,26-27H,7-18H2,1-6H3/t20?,22-/m0/s1. The topological polar surface area (TPSA) is 73.2 Å². The van der Waals surface area contributed by atoms with Crippen molar-refractivity contribution < 1.29 is 19.1 Å². The van der Waals surface area contributed by atoms with Crippen molar-refractivity contribution in [3.05, 3.63) is 0 Å². The Morgan fingerprint density at radius 3 is 1.86 bits per heavy atom. The maximum atomic E-state index is 12.7. The summed E-state index contributed by atoms with van der Waals surface area (Å²) in [5.74, 6) is 0.307. The lowest BCUT2D eigenvalue weighted by molar-refractivity contribution is -0.153. The summed E-state index contributed by atoms with van der Waals surface area (Å²) >= 11 is 0. The van der Waals surface area contributed by atoms with E-state index in [-0.39, 0.29) is 24.0 Å². The van der Waals surface area contributed by atoms with Crippen LogP contribution in [0.15, 0.2) is 0 Å². The molecule has 0 aromatic rings. The third-order valence-electron chi connectivity index (χ3n) is 5.63. The average molecular weight is 435 g/mol. The summed E-state index contributed by atoms with van der Waals surface area (Å²) in [5, 5.41) is 3.60. The Morgan fingerprint density at radius 2 is 1.41 bits per heavy atom. The molecule has 1 unspecified atom stereocenters. The van der Waals surface area contributed by atoms with Gasteiger partial charge < -0.3 is 14.3 Å². The van der Waals surface area contributed by atoms with E-state index in [0.717, 1.165) is 19.3 Å². The second kappa shape index (κ2) is 17.4. The van der Waals surface area contributed by atoms with Crippen LogP contribution in [0.2, 0.25) is 0 Å². The Bertz CT molecular complexity index is 410. The number of hydrogen-bond donors (Lipinski definition) is 2. The summed E-state index contributed by atoms with van der Waals surface area (Å²) in [7, 11) is 1.27. The molecule has 6 nitrogen and oxygen atoms in total. The van der Waals surface area contributed by atoms with E-state index in [0.29, 0.717) is 12.8 Å². The van der Waals surface area contributed by atoms with Crippen LogP contribution in [0.5, 0.6) is 0 Å². The summed E-state index contributed by atoms with van der Waals surface area (Å²) in [5.41, 5.74) is 0. The van der Waals surface area contributed by atoms with E-state index in [4.69, 9.17) is 4.52 Å². The number of likely N-dealkylation sites (N-methyl/N-ethyl adjacent to an activating group) is 1. The molecule has 2 atom stereocenters. The van der Waals surface area contributed by atoms with Gasteiger partial charge in [0.1, 0.15) is 0 Å². The summed E-state index contributed by atoms with van der Waals surface area (Å²) in [6.07, 6.45) is 12.9. The van der Waals surface area contributed by atoms with Crippen molar-refractivity contribution in [2.24, 2.45) is 5.92 Å². The molecule has 1 amide bonds. The smallest absolute Gasteiger partial charge is 0.327 e. The first-order valence-corrected chi connectivity index (χ1v) is 12.8. The zero-order valence-corrected chi connectivity index (χ0v) is 20.7. The van der Waals surface area contributed by atoms with Crippen LogP contribution in [-0.4, -0.2) is 52.0 Å². The number of hydrogen-bond acceptors (Lipinski definition) is 5. The predicted octanol–water partition coefficient (Wildman–Crippen LogP) is 5.63. The fourth-order valence-corrected chi connectivity index (χ4v) is 4.39. The largest absolute Gasteiger partial charge is 0.328 e. The van der Waals surface area contributed by atoms with Gasteiger partial charge in [-0.2, -0.15) is 0 Å². The Labute approximate surface area is 181 Å². The van der Waals surface area contributed by atoms with Crippen molar-refractivity contribution in [1.82, 2.24) is 10.0 Å². The van der Waals surface area contributed by atoms with Gasteiger partial charge in [0.2, 0.25) is 5.91 Å². The van der Waals surface area contributed by atoms with Gasteiger partial charge in [0.25, 0.3) is 0 Å². The maximum absolute atomic E-state index is 12.7. The van der Waals surface area contributed by atoms with Crippen molar-refractivity contribution >= 4 is 14.5 Å². The fourth-order valence-electron chi connectivity index (χ4n) is 3.92. The zero-order chi connectivity index (χ0) is 22.2. The van der Waals surface area contributed by atoms with E-state index >= 15 is 0 Å². The molecule has 0 aromatic heterocycles. The van der Waals surface area contributed by atoms with Gasteiger partial charge in [-0.25, -0.2) is 5.01 Å². The molecule has 0 bridgehead atoms. The molecule has 0 aliphatic carbocycles. The predicted molar refractivity (Wildman–Crippen MR) is 122 cm³/mol. The summed E-state index contributed by atoms with van der Waals surface area (Å²) in [6, 6.07) is -0.101. The van der Waals surface area contributed by atoms with Gasteiger partial charge in [-0.15, -0.1) is 0 Å². The number of nitrogens with zero attached hydrogens (tertiary/aromatic N) is 2. The Hall–Kier alpha value is -0.260. The lowest BCUT2D eigenvalue weighted by atomic mass is 9.95. The minimum absolute atomic E-state index is 0.101. The van der Waals surface area contributed by atoms with Gasteiger partial charge in [-0.3, -0.25) is 9.80 Å². The van der Waals surface area contributed by atoms with Crippen LogP contribution in [-0.2, 0) is 9.32 Å². The molecule has 0 fully saturated rings. The Kier molecular flexibility index (Phi) is 17.3. The molecule has 2 N–H and O–H groups in total. The second-order valence-corrected chi connectivity index (χ2v) is 9.21. The van der Waals surface area contributed by atoms with Gasteiger partial charge in [0.15, 0.2) is 0 Å². The quantitative estimate of drug-likeness (QED) is 0.166. The highest BCUT2D eigenvalue weighted by Gasteiger charge is 2.33. The van der Waals surface area contributed by atoms with Crippen molar-refractivity contribution in [3.63, 3.8) is 0 Å². The average Bonchev–Trinajstić information content (AvgIpc) is 2.65. The third kappa shape index (κ3) is 12.9. The van der Waals surface area contributed by atoms with E-state index in [1.807, 2.05) is 19.0 Å². The second-order valence-electron chi connectivity index (χ2n) is 8.49. The molecule has 0 spiro atoms. The van der Waals surface area contributed by atoms with E-state index in [9.17, 15) is 14.6 Å². The first kappa shape index (κ1) is 28.7. The zero-order valence-electron chi connectivity index (χ0n) is 19.8. The highest BCUT2D eigenvalue weighted by atomic mass is 31.2. The van der Waals surface area contributed by atoms with E-state index in [1.54, 1.807) is 12.1 Å². The van der Waals surface area contributed by atoms with E-state index < -0.39 is 8.60 Å². The molecular formula is C22H47N2O4P. The van der Waals surface area contributed by atoms with Crippen molar-refractivity contribution in [2.75, 3.05) is 14.1 Å². The molecule has 0 saturated heterocycles. The molecule has 0 heterocycles. The first-order chi connectivity index (χ1) is 13.8. The third-order valence-corrected chi connectivity index (χ3v) is 6.09. The molecular weight excluding hydrogens is 387 g/mol. The van der Waals surface area contributed by atoms with Crippen LogP contribution in [0, 0.1) is 5.92 Å². The van der Waals surface area contributed by atoms with Gasteiger partial charge >= 0.3 is 8.60 Å². The highest BCUT2D eigenvalue weighted by molar-refractivity contribution is 7.39. The number of amides is 1. The van der Waals surface area contributed by atoms with Crippen LogP contribution in [0.1, 0.15) is 105 Å². The lowest BCUT2D eigenvalue weighted by Gasteiger charge is -2.41. The van der Waals surface area contributed by atoms with Crippen molar-refractivity contribution in [2.45, 2.75) is 117 Å². The molecule has 174 valence electrons. The molecule has 0 aliphatic rings. The Morgan fingerprint density at radius 1 is 0.897 bits per heavy atom. The monoisotopic (exact) mass is 434 g/mol. The van der Waals surface area contributed by atoms with Crippen LogP contribution < -0.4 is 0 Å². The maximum Gasteiger partial charge on any atom is 0.327 e. The fraction of sp³-hybridized carbons (Fsp3) is 0.955. The summed E-state index contributed by atoms with van der Waals surface area (Å²) in [6.45, 7) is 8.43. The highest BCUT2D eigenvalue weighted by Crippen LogP contribution is 2.33. The van der Waals surface area contributed by atoms with Crippen LogP contribution in [0.25, 0.3) is 0 Å². The number of carbonyl (C=O) groups excluding carboxylic acids is 1. The molecule has 29 heavy (non-hydrogen) atoms.